The molecule has 0 unspecified atom stereocenters. The maximum Gasteiger partial charge on any atom is 0.303 e. The van der Waals surface area contributed by atoms with E-state index < -0.39 is 5.97 Å². The molecule has 0 radical (unpaired) electrons. The van der Waals surface area contributed by atoms with Gasteiger partial charge in [-0.15, -0.1) is 11.3 Å². The predicted molar refractivity (Wildman–Crippen MR) is 118 cm³/mol. The molecule has 29 heavy (non-hydrogen) atoms. The van der Waals surface area contributed by atoms with Gasteiger partial charge in [0.15, 0.2) is 0 Å². The van der Waals surface area contributed by atoms with Gasteiger partial charge < -0.3 is 15.7 Å². The number of likely N-dealkylation sites (N-methyl/N-ethyl adjacent to an activating group) is 1. The van der Waals surface area contributed by atoms with Crippen LogP contribution in [0, 0.1) is 5.92 Å². The van der Waals surface area contributed by atoms with Gasteiger partial charge in [0.05, 0.1) is 10.7 Å². The molecular formula is C23H31N3O2S. The quantitative estimate of drug-likeness (QED) is 0.703. The van der Waals surface area contributed by atoms with E-state index in [0.717, 1.165) is 75.0 Å². The minimum atomic E-state index is -0.679. The lowest BCUT2D eigenvalue weighted by molar-refractivity contribution is -0.137. The van der Waals surface area contributed by atoms with Crippen molar-refractivity contribution >= 4 is 23.0 Å². The van der Waals surface area contributed by atoms with Crippen molar-refractivity contribution in [2.75, 3.05) is 25.9 Å². The highest BCUT2D eigenvalue weighted by Crippen LogP contribution is 2.40. The second-order valence-corrected chi connectivity index (χ2v) is 9.62. The average Bonchev–Trinajstić information content (AvgIpc) is 3.12. The van der Waals surface area contributed by atoms with Gasteiger partial charge in [0.1, 0.15) is 0 Å². The van der Waals surface area contributed by atoms with E-state index >= 15 is 0 Å². The Morgan fingerprint density at radius 1 is 1.21 bits per heavy atom. The lowest BCUT2D eigenvalue weighted by atomic mass is 9.80. The van der Waals surface area contributed by atoms with Gasteiger partial charge in [0, 0.05) is 42.1 Å². The minimum Gasteiger partial charge on any atom is -0.481 e. The number of nitrogens with two attached hydrogens (primary N) is 1. The van der Waals surface area contributed by atoms with E-state index in [1.807, 2.05) is 0 Å². The van der Waals surface area contributed by atoms with Crippen LogP contribution in [0.25, 0.3) is 11.3 Å². The van der Waals surface area contributed by atoms with Gasteiger partial charge in [0.25, 0.3) is 0 Å². The Balaban J connectivity index is 1.45. The maximum absolute atomic E-state index is 10.8. The van der Waals surface area contributed by atoms with E-state index in [1.54, 1.807) is 11.3 Å². The number of carboxylic acid groups (broad SMARTS) is 1. The molecule has 2 heterocycles. The van der Waals surface area contributed by atoms with Gasteiger partial charge in [-0.05, 0) is 81.2 Å². The summed E-state index contributed by atoms with van der Waals surface area (Å²) in [5, 5.41) is 12.3. The van der Waals surface area contributed by atoms with Crippen molar-refractivity contribution in [3.05, 3.63) is 33.6 Å². The summed E-state index contributed by atoms with van der Waals surface area (Å²) in [6, 6.07) is 4.43. The first-order valence-electron chi connectivity index (χ1n) is 10.8. The first-order chi connectivity index (χ1) is 14.0. The highest BCUT2D eigenvalue weighted by molar-refractivity contribution is 7.10. The number of rotatable bonds is 5. The summed E-state index contributed by atoms with van der Waals surface area (Å²) in [6.45, 7) is 2.17. The largest absolute Gasteiger partial charge is 0.481 e. The third-order valence-corrected chi connectivity index (χ3v) is 7.67. The van der Waals surface area contributed by atoms with Crippen LogP contribution in [0.1, 0.15) is 60.6 Å². The second kappa shape index (κ2) is 8.84. The first kappa shape index (κ1) is 20.4. The molecule has 1 aliphatic carbocycles. The highest BCUT2D eigenvalue weighted by atomic mass is 32.1. The van der Waals surface area contributed by atoms with Crippen LogP contribution in [0.5, 0.6) is 0 Å². The third kappa shape index (κ3) is 4.81. The molecule has 6 heteroatoms. The number of fused-ring (bicyclic) bond motifs is 1. The summed E-state index contributed by atoms with van der Waals surface area (Å²) in [5.41, 5.74) is 12.1. The summed E-state index contributed by atoms with van der Waals surface area (Å²) < 4.78 is 0. The molecule has 1 aromatic carbocycles. The average molecular weight is 414 g/mol. The molecule has 1 saturated carbocycles. The molecule has 0 saturated heterocycles. The van der Waals surface area contributed by atoms with Crippen LogP contribution in [-0.2, 0) is 17.6 Å². The summed E-state index contributed by atoms with van der Waals surface area (Å²) in [7, 11) is 2.18. The van der Waals surface area contributed by atoms with Crippen LogP contribution in [-0.4, -0.2) is 41.1 Å². The predicted octanol–water partition coefficient (Wildman–Crippen LogP) is 4.56. The molecule has 156 valence electrons. The zero-order valence-corrected chi connectivity index (χ0v) is 18.0. The van der Waals surface area contributed by atoms with E-state index in [-0.39, 0.29) is 0 Å². The van der Waals surface area contributed by atoms with Crippen LogP contribution < -0.4 is 5.73 Å². The summed E-state index contributed by atoms with van der Waals surface area (Å²) in [5.74, 6) is 0.382. The molecule has 1 fully saturated rings. The van der Waals surface area contributed by atoms with E-state index in [9.17, 15) is 4.79 Å². The van der Waals surface area contributed by atoms with Crippen LogP contribution >= 0.6 is 11.3 Å². The maximum atomic E-state index is 10.8. The van der Waals surface area contributed by atoms with Crippen molar-refractivity contribution in [1.82, 2.24) is 9.88 Å². The molecule has 5 nitrogen and oxygen atoms in total. The molecule has 3 N–H and O–H groups in total. The smallest absolute Gasteiger partial charge is 0.303 e. The fourth-order valence-electron chi connectivity index (χ4n) is 4.75. The van der Waals surface area contributed by atoms with E-state index in [1.165, 1.54) is 16.1 Å². The Hall–Kier alpha value is -1.92. The molecule has 0 atom stereocenters. The van der Waals surface area contributed by atoms with E-state index in [2.05, 4.69) is 29.5 Å². The molecule has 0 bridgehead atoms. The molecule has 1 aromatic heterocycles. The monoisotopic (exact) mass is 413 g/mol. The van der Waals surface area contributed by atoms with Gasteiger partial charge in [-0.25, -0.2) is 4.98 Å². The highest BCUT2D eigenvalue weighted by Gasteiger charge is 2.25. The second-order valence-electron chi connectivity index (χ2n) is 8.73. The van der Waals surface area contributed by atoms with Gasteiger partial charge >= 0.3 is 5.97 Å². The Labute approximate surface area is 177 Å². The number of hydrogen-bond donors (Lipinski definition) is 2. The number of hydrogen-bond acceptors (Lipinski definition) is 5. The minimum absolute atomic E-state index is 0.296. The van der Waals surface area contributed by atoms with Gasteiger partial charge in [-0.2, -0.15) is 0 Å². The SMILES string of the molecule is CN1CCc2cc(N)c(-c3csc([C@H]4CC[C@H](CCC(=O)O)CC4)n3)cc2CC1. The molecule has 0 spiro atoms. The van der Waals surface area contributed by atoms with E-state index in [4.69, 9.17) is 15.8 Å². The fourth-order valence-corrected chi connectivity index (χ4v) is 5.75. The number of aromatic nitrogens is 1. The van der Waals surface area contributed by atoms with Crippen molar-refractivity contribution in [3.63, 3.8) is 0 Å². The Bertz CT molecular complexity index is 871. The summed E-state index contributed by atoms with van der Waals surface area (Å²) >= 11 is 1.75. The third-order valence-electron chi connectivity index (χ3n) is 6.66. The van der Waals surface area contributed by atoms with Gasteiger partial charge in [-0.1, -0.05) is 0 Å². The number of aliphatic carboxylic acids is 1. The zero-order valence-electron chi connectivity index (χ0n) is 17.2. The van der Waals surface area contributed by atoms with Crippen LogP contribution in [0.15, 0.2) is 17.5 Å². The number of carboxylic acids is 1. The lowest BCUT2D eigenvalue weighted by Crippen LogP contribution is -2.20. The van der Waals surface area contributed by atoms with Crippen LogP contribution in [0.4, 0.5) is 5.69 Å². The number of nitrogen functional groups attached to an aromatic ring is 1. The fraction of sp³-hybridized carbons (Fsp3) is 0.565. The van der Waals surface area contributed by atoms with Crippen molar-refractivity contribution in [3.8, 4) is 11.3 Å². The van der Waals surface area contributed by atoms with Gasteiger partial charge in [-0.3, -0.25) is 4.79 Å². The lowest BCUT2D eigenvalue weighted by Gasteiger charge is -2.26. The van der Waals surface area contributed by atoms with Crippen LogP contribution in [0.3, 0.4) is 0 Å². The molecule has 2 aliphatic rings. The first-order valence-corrected chi connectivity index (χ1v) is 11.6. The number of carbonyl (C=O) groups is 1. The number of thiazole rings is 1. The topological polar surface area (TPSA) is 79.5 Å². The summed E-state index contributed by atoms with van der Waals surface area (Å²) in [4.78, 5) is 18.2. The van der Waals surface area contributed by atoms with Crippen LogP contribution in [0.2, 0.25) is 0 Å². The van der Waals surface area contributed by atoms with Crippen molar-refractivity contribution in [2.45, 2.75) is 57.3 Å². The molecule has 0 amide bonds. The molecular weight excluding hydrogens is 382 g/mol. The summed E-state index contributed by atoms with van der Waals surface area (Å²) in [6.07, 6.45) is 7.69. The van der Waals surface area contributed by atoms with Gasteiger partial charge in [0.2, 0.25) is 0 Å². The number of anilines is 1. The molecule has 2 aromatic rings. The van der Waals surface area contributed by atoms with E-state index in [0.29, 0.717) is 18.3 Å². The van der Waals surface area contributed by atoms with Crippen molar-refractivity contribution < 1.29 is 9.90 Å². The number of nitrogens with zero attached hydrogens (tertiary/aromatic N) is 2. The van der Waals surface area contributed by atoms with Crippen molar-refractivity contribution in [2.24, 2.45) is 5.92 Å². The molecule has 4 rings (SSSR count). The Morgan fingerprint density at radius 2 is 1.90 bits per heavy atom. The normalized spacial score (nSPS) is 22.8. The van der Waals surface area contributed by atoms with Crippen molar-refractivity contribution in [1.29, 1.82) is 0 Å². The zero-order chi connectivity index (χ0) is 20.4. The molecule has 1 aliphatic heterocycles. The Morgan fingerprint density at radius 3 is 2.59 bits per heavy atom. The number of benzene rings is 1. The Kier molecular flexibility index (Phi) is 6.20. The standard InChI is InChI=1S/C23H31N3O2S/c1-26-10-8-17-12-19(20(24)13-18(17)9-11-26)21-14-29-23(25-21)16-5-2-15(3-6-16)4-7-22(27)28/h12-16H,2-11,24H2,1H3,(H,27,28)/t15-,16-.